The van der Waals surface area contributed by atoms with Crippen molar-refractivity contribution in [3.63, 3.8) is 0 Å². The molecule has 0 aliphatic carbocycles. The Bertz CT molecular complexity index is 620. The summed E-state index contributed by atoms with van der Waals surface area (Å²) in [6.07, 6.45) is 8.32. The number of hydrogen-bond donors (Lipinski definition) is 1. The molecule has 1 unspecified atom stereocenters. The van der Waals surface area contributed by atoms with Crippen molar-refractivity contribution in [2.24, 2.45) is 5.10 Å². The maximum absolute atomic E-state index is 12.5. The third-order valence-corrected chi connectivity index (χ3v) is 3.82. The van der Waals surface area contributed by atoms with Crippen LogP contribution < -0.4 is 10.3 Å². The Kier molecular flexibility index (Phi) is 3.35. The van der Waals surface area contributed by atoms with E-state index in [2.05, 4.69) is 16.4 Å². The summed E-state index contributed by atoms with van der Waals surface area (Å²) in [5, 5.41) is 4.87. The third kappa shape index (κ3) is 2.12. The van der Waals surface area contributed by atoms with Crippen molar-refractivity contribution in [3.05, 3.63) is 42.7 Å². The molecule has 1 aromatic carbocycles. The molecule has 1 atom stereocenters. The van der Waals surface area contributed by atoms with Gasteiger partial charge in [0, 0.05) is 18.1 Å². The number of fused-ring (bicyclic) bond motifs is 1. The van der Waals surface area contributed by atoms with Gasteiger partial charge in [-0.1, -0.05) is 35.9 Å². The van der Waals surface area contributed by atoms with E-state index in [0.29, 0.717) is 10.9 Å². The highest BCUT2D eigenvalue weighted by Crippen LogP contribution is 2.25. The van der Waals surface area contributed by atoms with Gasteiger partial charge >= 0.3 is 0 Å². The van der Waals surface area contributed by atoms with E-state index in [1.165, 1.54) is 11.8 Å². The number of amidine groups is 1. The zero-order valence-electron chi connectivity index (χ0n) is 10.6. The fourth-order valence-electron chi connectivity index (χ4n) is 2.03. The van der Waals surface area contributed by atoms with Crippen molar-refractivity contribution in [3.8, 4) is 12.3 Å². The topological polar surface area (TPSA) is 47.9 Å². The molecule has 100 valence electrons. The molecule has 2 aliphatic heterocycles. The second-order valence-corrected chi connectivity index (χ2v) is 5.11. The van der Waals surface area contributed by atoms with Crippen LogP contribution in [-0.2, 0) is 4.79 Å². The van der Waals surface area contributed by atoms with Crippen molar-refractivity contribution in [1.82, 2.24) is 10.3 Å². The molecular formula is C14H12N4OS. The number of amides is 1. The van der Waals surface area contributed by atoms with E-state index in [-0.39, 0.29) is 5.91 Å². The van der Waals surface area contributed by atoms with Gasteiger partial charge in [0.15, 0.2) is 5.17 Å². The summed E-state index contributed by atoms with van der Waals surface area (Å²) in [5.41, 5.74) is 3.68. The maximum atomic E-state index is 12.5. The first-order chi connectivity index (χ1) is 9.81. The van der Waals surface area contributed by atoms with Gasteiger partial charge < -0.3 is 0 Å². The highest BCUT2D eigenvalue weighted by molar-refractivity contribution is 8.14. The fraction of sp³-hybridized carbons (Fsp3) is 0.143. The summed E-state index contributed by atoms with van der Waals surface area (Å²) in [4.78, 5) is 15.9. The highest BCUT2D eigenvalue weighted by atomic mass is 32.2. The van der Waals surface area contributed by atoms with Crippen LogP contribution in [0, 0.1) is 12.3 Å². The van der Waals surface area contributed by atoms with Crippen LogP contribution in [-0.4, -0.2) is 27.9 Å². The monoisotopic (exact) mass is 284 g/mol. The first-order valence-corrected chi connectivity index (χ1v) is 7.04. The van der Waals surface area contributed by atoms with Gasteiger partial charge in [-0.05, 0) is 12.1 Å². The van der Waals surface area contributed by atoms with Crippen LogP contribution in [0.4, 0.5) is 5.69 Å². The minimum atomic E-state index is -0.500. The summed E-state index contributed by atoms with van der Waals surface area (Å²) in [5.74, 6) is 3.00. The number of para-hydroxylation sites is 1. The Morgan fingerprint density at radius 2 is 2.15 bits per heavy atom. The van der Waals surface area contributed by atoms with E-state index in [1.54, 1.807) is 16.0 Å². The Labute approximate surface area is 121 Å². The molecule has 0 fully saturated rings. The number of rotatable bonds is 2. The normalized spacial score (nSPS) is 20.2. The summed E-state index contributed by atoms with van der Waals surface area (Å²) >= 11 is 1.42. The molecule has 2 aliphatic rings. The highest BCUT2D eigenvalue weighted by Gasteiger charge is 2.37. The quantitative estimate of drug-likeness (QED) is 0.833. The SMILES string of the molecule is C#CCSC1=NNC2C(=O)N(c3ccccc3)C=CN12. The maximum Gasteiger partial charge on any atom is 0.276 e. The van der Waals surface area contributed by atoms with E-state index in [9.17, 15) is 4.79 Å². The van der Waals surface area contributed by atoms with Gasteiger partial charge in [0.2, 0.25) is 6.17 Å². The molecule has 20 heavy (non-hydrogen) atoms. The summed E-state index contributed by atoms with van der Waals surface area (Å²) in [7, 11) is 0. The molecule has 3 rings (SSSR count). The van der Waals surface area contributed by atoms with Crippen LogP contribution in [0.15, 0.2) is 47.8 Å². The summed E-state index contributed by atoms with van der Waals surface area (Å²) in [6.45, 7) is 0. The Hall–Kier alpha value is -2.39. The first-order valence-electron chi connectivity index (χ1n) is 6.05. The molecule has 6 heteroatoms. The average molecular weight is 284 g/mol. The predicted molar refractivity (Wildman–Crippen MR) is 80.6 cm³/mol. The number of hydrazone groups is 1. The second-order valence-electron chi connectivity index (χ2n) is 4.17. The van der Waals surface area contributed by atoms with E-state index in [4.69, 9.17) is 6.42 Å². The Morgan fingerprint density at radius 3 is 2.90 bits per heavy atom. The first kappa shape index (κ1) is 12.6. The number of hydrogen-bond acceptors (Lipinski definition) is 5. The standard InChI is InChI=1S/C14H12N4OS/c1-2-10-20-14-16-15-12-13(19)17(8-9-18(12)14)11-6-4-3-5-7-11/h1,3-9,12,15H,10H2. The number of nitrogens with one attached hydrogen (secondary N) is 1. The van der Waals surface area contributed by atoms with E-state index in [0.717, 1.165) is 5.69 Å². The van der Waals surface area contributed by atoms with Crippen LogP contribution >= 0.6 is 11.8 Å². The number of carbonyl (C=O) groups excluding carboxylic acids is 1. The third-order valence-electron chi connectivity index (χ3n) is 2.95. The molecule has 0 spiro atoms. The van der Waals surface area contributed by atoms with Crippen LogP contribution in [0.25, 0.3) is 0 Å². The lowest BCUT2D eigenvalue weighted by Crippen LogP contribution is -2.52. The van der Waals surface area contributed by atoms with Crippen molar-refractivity contribution < 1.29 is 4.79 Å². The molecular weight excluding hydrogens is 272 g/mol. The minimum Gasteiger partial charge on any atom is -0.294 e. The molecule has 0 saturated carbocycles. The molecule has 0 bridgehead atoms. The molecule has 2 heterocycles. The van der Waals surface area contributed by atoms with Crippen molar-refractivity contribution >= 4 is 28.5 Å². The van der Waals surface area contributed by atoms with Gasteiger partial charge in [0.25, 0.3) is 5.91 Å². The zero-order chi connectivity index (χ0) is 13.9. The predicted octanol–water partition coefficient (Wildman–Crippen LogP) is 1.37. The smallest absolute Gasteiger partial charge is 0.276 e. The van der Waals surface area contributed by atoms with Crippen LogP contribution in [0.2, 0.25) is 0 Å². The molecule has 1 amide bonds. The molecule has 5 nitrogen and oxygen atoms in total. The summed E-state index contributed by atoms with van der Waals surface area (Å²) < 4.78 is 0. The molecule has 0 radical (unpaired) electrons. The lowest BCUT2D eigenvalue weighted by Gasteiger charge is -2.31. The van der Waals surface area contributed by atoms with Gasteiger partial charge in [-0.2, -0.15) is 5.10 Å². The summed E-state index contributed by atoms with van der Waals surface area (Å²) in [6, 6.07) is 9.49. The van der Waals surface area contributed by atoms with Crippen molar-refractivity contribution in [2.75, 3.05) is 10.7 Å². The second kappa shape index (κ2) is 5.31. The van der Waals surface area contributed by atoms with Gasteiger partial charge in [0.05, 0.1) is 5.75 Å². The number of anilines is 1. The van der Waals surface area contributed by atoms with E-state index in [1.807, 2.05) is 36.5 Å². The Morgan fingerprint density at radius 1 is 1.35 bits per heavy atom. The molecule has 1 N–H and O–H groups in total. The number of nitrogens with zero attached hydrogens (tertiary/aromatic N) is 3. The fourth-order valence-corrected chi connectivity index (χ4v) is 2.67. The van der Waals surface area contributed by atoms with Crippen LogP contribution in [0.5, 0.6) is 0 Å². The van der Waals surface area contributed by atoms with E-state index >= 15 is 0 Å². The number of benzene rings is 1. The Balaban J connectivity index is 1.82. The zero-order valence-corrected chi connectivity index (χ0v) is 11.4. The van der Waals surface area contributed by atoms with Crippen molar-refractivity contribution in [2.45, 2.75) is 6.17 Å². The van der Waals surface area contributed by atoms with Crippen molar-refractivity contribution in [1.29, 1.82) is 0 Å². The lowest BCUT2D eigenvalue weighted by molar-refractivity contribution is -0.122. The van der Waals surface area contributed by atoms with Crippen LogP contribution in [0.1, 0.15) is 0 Å². The van der Waals surface area contributed by atoms with Gasteiger partial charge in [-0.25, -0.2) is 0 Å². The number of thioether (sulfide) groups is 1. The largest absolute Gasteiger partial charge is 0.294 e. The van der Waals surface area contributed by atoms with E-state index < -0.39 is 6.17 Å². The molecule has 0 saturated heterocycles. The molecule has 0 aromatic heterocycles. The van der Waals surface area contributed by atoms with Crippen LogP contribution in [0.3, 0.4) is 0 Å². The van der Waals surface area contributed by atoms with Gasteiger partial charge in [0.1, 0.15) is 0 Å². The lowest BCUT2D eigenvalue weighted by atomic mass is 10.2. The average Bonchev–Trinajstić information content (AvgIpc) is 2.90. The number of terminal acetylenes is 1. The number of carbonyl (C=O) groups is 1. The van der Waals surface area contributed by atoms with Gasteiger partial charge in [-0.3, -0.25) is 20.0 Å². The minimum absolute atomic E-state index is 0.0706. The van der Waals surface area contributed by atoms with Gasteiger partial charge in [-0.15, -0.1) is 6.42 Å². The molecule has 1 aromatic rings.